The summed E-state index contributed by atoms with van der Waals surface area (Å²) in [7, 11) is 1.35. The molecule has 0 unspecified atom stereocenters. The second-order valence-electron chi connectivity index (χ2n) is 3.52. The zero-order valence-corrected chi connectivity index (χ0v) is 10.5. The first-order chi connectivity index (χ1) is 8.63. The molecule has 0 aliphatic carbocycles. The third-order valence-corrected chi connectivity index (χ3v) is 2.16. The number of nitrogens with zero attached hydrogens (tertiary/aromatic N) is 3. The Labute approximate surface area is 105 Å². The van der Waals surface area contributed by atoms with Gasteiger partial charge in [0.15, 0.2) is 0 Å². The van der Waals surface area contributed by atoms with Gasteiger partial charge in [-0.05, 0) is 6.42 Å². The zero-order chi connectivity index (χ0) is 13.5. The molecule has 0 saturated heterocycles. The average molecular weight is 252 g/mol. The standard InChI is InChI=1S/C11H16N4O3/c1-4-6-8-13-10(12-7-5-2)9(15(16)17)11(14-8)18-3/h5H,2,4,6-7H2,1,3H3,(H,12,13,14). The van der Waals surface area contributed by atoms with Crippen LogP contribution in [0.25, 0.3) is 0 Å². The molecule has 0 aromatic carbocycles. The van der Waals surface area contributed by atoms with Crippen molar-refractivity contribution < 1.29 is 9.66 Å². The van der Waals surface area contributed by atoms with Crippen LogP contribution >= 0.6 is 0 Å². The predicted molar refractivity (Wildman–Crippen MR) is 67.9 cm³/mol. The summed E-state index contributed by atoms with van der Waals surface area (Å²) in [4.78, 5) is 18.6. The maximum absolute atomic E-state index is 11.0. The Bertz CT molecular complexity index is 448. The molecular weight excluding hydrogens is 236 g/mol. The van der Waals surface area contributed by atoms with Gasteiger partial charge in [-0.1, -0.05) is 13.0 Å². The van der Waals surface area contributed by atoms with Crippen LogP contribution in [0, 0.1) is 10.1 Å². The van der Waals surface area contributed by atoms with Gasteiger partial charge in [0.05, 0.1) is 12.0 Å². The van der Waals surface area contributed by atoms with Gasteiger partial charge in [-0.25, -0.2) is 4.98 Å². The van der Waals surface area contributed by atoms with Gasteiger partial charge in [0, 0.05) is 13.0 Å². The highest BCUT2D eigenvalue weighted by molar-refractivity contribution is 5.61. The second kappa shape index (κ2) is 6.53. The summed E-state index contributed by atoms with van der Waals surface area (Å²) in [5.41, 5.74) is -0.251. The van der Waals surface area contributed by atoms with Crippen molar-refractivity contribution >= 4 is 11.5 Å². The summed E-state index contributed by atoms with van der Waals surface area (Å²) in [5, 5.41) is 13.8. The first-order valence-corrected chi connectivity index (χ1v) is 5.58. The average Bonchev–Trinajstić information content (AvgIpc) is 2.35. The summed E-state index contributed by atoms with van der Waals surface area (Å²) in [5.74, 6) is 0.659. The van der Waals surface area contributed by atoms with Crippen LogP contribution in [0.2, 0.25) is 0 Å². The molecule has 7 nitrogen and oxygen atoms in total. The van der Waals surface area contributed by atoms with E-state index in [1.165, 1.54) is 7.11 Å². The van der Waals surface area contributed by atoms with Gasteiger partial charge >= 0.3 is 5.69 Å². The molecule has 0 radical (unpaired) electrons. The Balaban J connectivity index is 3.26. The summed E-state index contributed by atoms with van der Waals surface area (Å²) in [6.07, 6.45) is 3.08. The molecule has 0 aliphatic heterocycles. The molecule has 1 aromatic rings. The maximum Gasteiger partial charge on any atom is 0.372 e. The number of hydrogen-bond acceptors (Lipinski definition) is 6. The van der Waals surface area contributed by atoms with Crippen molar-refractivity contribution in [3.8, 4) is 5.88 Å². The van der Waals surface area contributed by atoms with E-state index in [1.54, 1.807) is 6.08 Å². The van der Waals surface area contributed by atoms with Gasteiger partial charge in [-0.2, -0.15) is 4.98 Å². The summed E-state index contributed by atoms with van der Waals surface area (Å²) in [6.45, 7) is 5.91. The molecule has 0 amide bonds. The van der Waals surface area contributed by atoms with Crippen LogP contribution in [0.15, 0.2) is 12.7 Å². The number of nitro groups is 1. The van der Waals surface area contributed by atoms with E-state index in [1.807, 2.05) is 6.92 Å². The fraction of sp³-hybridized carbons (Fsp3) is 0.455. The van der Waals surface area contributed by atoms with E-state index in [4.69, 9.17) is 4.74 Å². The van der Waals surface area contributed by atoms with Crippen molar-refractivity contribution in [1.82, 2.24) is 9.97 Å². The van der Waals surface area contributed by atoms with Crippen molar-refractivity contribution in [2.45, 2.75) is 19.8 Å². The van der Waals surface area contributed by atoms with E-state index in [0.29, 0.717) is 18.8 Å². The van der Waals surface area contributed by atoms with Crippen molar-refractivity contribution in [2.75, 3.05) is 19.0 Å². The number of rotatable bonds is 7. The van der Waals surface area contributed by atoms with Gasteiger partial charge in [-0.3, -0.25) is 10.1 Å². The lowest BCUT2D eigenvalue weighted by Crippen LogP contribution is -2.09. The van der Waals surface area contributed by atoms with Crippen LogP contribution in [0.4, 0.5) is 11.5 Å². The smallest absolute Gasteiger partial charge is 0.372 e. The lowest BCUT2D eigenvalue weighted by molar-refractivity contribution is -0.385. The van der Waals surface area contributed by atoms with Crippen LogP contribution < -0.4 is 10.1 Å². The van der Waals surface area contributed by atoms with Gasteiger partial charge in [0.2, 0.25) is 5.82 Å². The Morgan fingerprint density at radius 3 is 2.78 bits per heavy atom. The van der Waals surface area contributed by atoms with Crippen molar-refractivity contribution in [3.63, 3.8) is 0 Å². The highest BCUT2D eigenvalue weighted by Crippen LogP contribution is 2.31. The Hall–Kier alpha value is -2.18. The van der Waals surface area contributed by atoms with Crippen molar-refractivity contribution in [3.05, 3.63) is 28.6 Å². The number of aromatic nitrogens is 2. The number of methoxy groups -OCH3 is 1. The van der Waals surface area contributed by atoms with Crippen LogP contribution in [0.3, 0.4) is 0 Å². The Morgan fingerprint density at radius 2 is 2.28 bits per heavy atom. The molecule has 0 aliphatic rings. The van der Waals surface area contributed by atoms with Gasteiger partial charge in [-0.15, -0.1) is 6.58 Å². The third-order valence-electron chi connectivity index (χ3n) is 2.16. The number of hydrogen-bond donors (Lipinski definition) is 1. The third kappa shape index (κ3) is 3.16. The maximum atomic E-state index is 11.0. The molecule has 0 fully saturated rings. The molecule has 1 rings (SSSR count). The SMILES string of the molecule is C=CCNc1nc(CCC)nc(OC)c1[N+](=O)[O-]. The molecular formula is C11H16N4O3. The van der Waals surface area contributed by atoms with Crippen LogP contribution in [0.1, 0.15) is 19.2 Å². The van der Waals surface area contributed by atoms with E-state index in [0.717, 1.165) is 6.42 Å². The van der Waals surface area contributed by atoms with Crippen molar-refractivity contribution in [2.24, 2.45) is 0 Å². The highest BCUT2D eigenvalue weighted by atomic mass is 16.6. The normalized spacial score (nSPS) is 9.89. The molecule has 0 atom stereocenters. The van der Waals surface area contributed by atoms with Crippen LogP contribution in [-0.4, -0.2) is 28.5 Å². The van der Waals surface area contributed by atoms with Crippen molar-refractivity contribution in [1.29, 1.82) is 0 Å². The first kappa shape index (κ1) is 13.9. The zero-order valence-electron chi connectivity index (χ0n) is 10.5. The number of anilines is 1. The molecule has 0 saturated carbocycles. The van der Waals surface area contributed by atoms with E-state index >= 15 is 0 Å². The molecule has 7 heteroatoms. The molecule has 98 valence electrons. The molecule has 0 bridgehead atoms. The van der Waals surface area contributed by atoms with Gasteiger partial charge in [0.25, 0.3) is 5.88 Å². The van der Waals surface area contributed by atoms with E-state index in [9.17, 15) is 10.1 Å². The topological polar surface area (TPSA) is 90.2 Å². The second-order valence-corrected chi connectivity index (χ2v) is 3.52. The first-order valence-electron chi connectivity index (χ1n) is 5.58. The highest BCUT2D eigenvalue weighted by Gasteiger charge is 2.25. The van der Waals surface area contributed by atoms with E-state index < -0.39 is 4.92 Å². The fourth-order valence-electron chi connectivity index (χ4n) is 1.41. The number of aryl methyl sites for hydroxylation is 1. The van der Waals surface area contributed by atoms with Crippen LogP contribution in [-0.2, 0) is 6.42 Å². The predicted octanol–water partition coefficient (Wildman–Crippen LogP) is 1.94. The van der Waals surface area contributed by atoms with Crippen LogP contribution in [0.5, 0.6) is 5.88 Å². The summed E-state index contributed by atoms with van der Waals surface area (Å²) >= 11 is 0. The Kier molecular flexibility index (Phi) is 5.04. The van der Waals surface area contributed by atoms with Gasteiger partial charge < -0.3 is 10.1 Å². The van der Waals surface area contributed by atoms with E-state index in [2.05, 4.69) is 21.9 Å². The minimum atomic E-state index is -0.556. The minimum Gasteiger partial charge on any atom is -0.476 e. The quantitative estimate of drug-likeness (QED) is 0.453. The van der Waals surface area contributed by atoms with E-state index in [-0.39, 0.29) is 17.4 Å². The lowest BCUT2D eigenvalue weighted by atomic mass is 10.3. The summed E-state index contributed by atoms with van der Waals surface area (Å²) < 4.78 is 4.96. The molecule has 1 aromatic heterocycles. The number of ether oxygens (including phenoxy) is 1. The largest absolute Gasteiger partial charge is 0.476 e. The lowest BCUT2D eigenvalue weighted by Gasteiger charge is -2.08. The fourth-order valence-corrected chi connectivity index (χ4v) is 1.41. The number of nitrogens with one attached hydrogen (secondary N) is 1. The molecule has 1 heterocycles. The Morgan fingerprint density at radius 1 is 1.56 bits per heavy atom. The minimum absolute atomic E-state index is 0.0231. The monoisotopic (exact) mass is 252 g/mol. The molecule has 1 N–H and O–H groups in total. The molecule has 18 heavy (non-hydrogen) atoms. The van der Waals surface area contributed by atoms with Gasteiger partial charge in [0.1, 0.15) is 5.82 Å². The summed E-state index contributed by atoms with van der Waals surface area (Å²) in [6, 6.07) is 0. The molecule has 0 spiro atoms.